The van der Waals surface area contributed by atoms with Gasteiger partial charge in [0.2, 0.25) is 11.8 Å². The van der Waals surface area contributed by atoms with Gasteiger partial charge in [-0.1, -0.05) is 12.1 Å². The van der Waals surface area contributed by atoms with Gasteiger partial charge in [-0.2, -0.15) is 4.98 Å². The van der Waals surface area contributed by atoms with Crippen LogP contribution in [0.25, 0.3) is 11.0 Å². The molecular formula is C14H15N7O2. The van der Waals surface area contributed by atoms with Gasteiger partial charge < -0.3 is 15.2 Å². The van der Waals surface area contributed by atoms with Crippen LogP contribution in [0.5, 0.6) is 0 Å². The number of para-hydroxylation sites is 2. The van der Waals surface area contributed by atoms with E-state index in [-0.39, 0.29) is 11.5 Å². The Labute approximate surface area is 131 Å². The lowest BCUT2D eigenvalue weighted by molar-refractivity contribution is -0.384. The quantitative estimate of drug-likeness (QED) is 0.573. The van der Waals surface area contributed by atoms with Gasteiger partial charge in [0.25, 0.3) is 0 Å². The van der Waals surface area contributed by atoms with Crippen molar-refractivity contribution in [3.63, 3.8) is 0 Å². The van der Waals surface area contributed by atoms with Crippen LogP contribution in [0.2, 0.25) is 0 Å². The Bertz CT molecular complexity index is 890. The van der Waals surface area contributed by atoms with Crippen LogP contribution >= 0.6 is 0 Å². The molecule has 9 heteroatoms. The average molecular weight is 313 g/mol. The van der Waals surface area contributed by atoms with E-state index in [9.17, 15) is 10.1 Å². The molecule has 0 saturated carbocycles. The van der Waals surface area contributed by atoms with Crippen molar-refractivity contribution in [3.05, 3.63) is 46.4 Å². The fourth-order valence-electron chi connectivity index (χ4n) is 2.32. The molecule has 0 bridgehead atoms. The lowest BCUT2D eigenvalue weighted by atomic mass is 10.3. The third-order valence-electron chi connectivity index (χ3n) is 3.58. The molecule has 0 atom stereocenters. The zero-order chi connectivity index (χ0) is 16.6. The van der Waals surface area contributed by atoms with Gasteiger partial charge in [0.1, 0.15) is 12.0 Å². The Hall–Kier alpha value is -3.23. The van der Waals surface area contributed by atoms with E-state index < -0.39 is 4.92 Å². The lowest BCUT2D eigenvalue weighted by Crippen LogP contribution is -2.21. The highest BCUT2D eigenvalue weighted by atomic mass is 16.6. The van der Waals surface area contributed by atoms with E-state index in [2.05, 4.69) is 15.0 Å². The predicted octanol–water partition coefficient (Wildman–Crippen LogP) is 1.49. The number of hydrogen-bond donors (Lipinski definition) is 1. The Morgan fingerprint density at radius 3 is 2.74 bits per heavy atom. The normalized spacial score (nSPS) is 10.9. The Morgan fingerprint density at radius 1 is 1.35 bits per heavy atom. The van der Waals surface area contributed by atoms with E-state index >= 15 is 0 Å². The third kappa shape index (κ3) is 2.63. The number of nitrogen functional groups attached to an aromatic ring is 1. The Morgan fingerprint density at radius 2 is 2.09 bits per heavy atom. The molecule has 0 radical (unpaired) electrons. The number of imidazole rings is 1. The molecule has 3 aromatic rings. The molecule has 9 nitrogen and oxygen atoms in total. The van der Waals surface area contributed by atoms with Crippen molar-refractivity contribution in [1.29, 1.82) is 0 Å². The fourth-order valence-corrected chi connectivity index (χ4v) is 2.32. The maximum Gasteiger partial charge on any atom is 0.329 e. The van der Waals surface area contributed by atoms with Gasteiger partial charge in [-0.15, -0.1) is 0 Å². The highest BCUT2D eigenvalue weighted by Gasteiger charge is 2.17. The first-order valence-electron chi connectivity index (χ1n) is 6.85. The molecule has 0 unspecified atom stereocenters. The molecular weight excluding hydrogens is 298 g/mol. The molecule has 0 amide bonds. The first kappa shape index (κ1) is 14.7. The molecule has 2 N–H and O–H groups in total. The van der Waals surface area contributed by atoms with Crippen molar-refractivity contribution >= 4 is 28.5 Å². The van der Waals surface area contributed by atoms with Crippen LogP contribution in [0.4, 0.5) is 17.5 Å². The molecule has 3 rings (SSSR count). The number of rotatable bonds is 4. The highest BCUT2D eigenvalue weighted by molar-refractivity contribution is 5.75. The van der Waals surface area contributed by atoms with Gasteiger partial charge in [0, 0.05) is 14.1 Å². The molecule has 2 aromatic heterocycles. The number of nitro groups is 1. The first-order chi connectivity index (χ1) is 11.0. The van der Waals surface area contributed by atoms with E-state index in [1.54, 1.807) is 11.9 Å². The van der Waals surface area contributed by atoms with Crippen molar-refractivity contribution in [1.82, 2.24) is 19.5 Å². The predicted molar refractivity (Wildman–Crippen MR) is 85.9 cm³/mol. The zero-order valence-corrected chi connectivity index (χ0v) is 12.7. The Kier molecular flexibility index (Phi) is 3.53. The highest BCUT2D eigenvalue weighted by Crippen LogP contribution is 2.21. The van der Waals surface area contributed by atoms with Crippen molar-refractivity contribution in [2.45, 2.75) is 6.54 Å². The number of benzene rings is 1. The van der Waals surface area contributed by atoms with Crippen LogP contribution in [-0.2, 0) is 13.6 Å². The van der Waals surface area contributed by atoms with Gasteiger partial charge in [0.05, 0.1) is 22.5 Å². The van der Waals surface area contributed by atoms with Crippen LogP contribution in [0.3, 0.4) is 0 Å². The molecule has 2 heterocycles. The number of hydrogen-bond acceptors (Lipinski definition) is 7. The maximum absolute atomic E-state index is 10.8. The standard InChI is InChI=1S/C14H15N7O2/c1-19(14-16-7-11(21(22)23)13(15)18-14)8-12-17-9-5-3-4-6-10(9)20(12)2/h3-7H,8H2,1-2H3,(H2,15,16,18). The van der Waals surface area contributed by atoms with Crippen molar-refractivity contribution in [2.24, 2.45) is 7.05 Å². The molecule has 0 spiro atoms. The second-order valence-electron chi connectivity index (χ2n) is 5.13. The summed E-state index contributed by atoms with van der Waals surface area (Å²) < 4.78 is 1.99. The topological polar surface area (TPSA) is 116 Å². The van der Waals surface area contributed by atoms with E-state index in [1.165, 1.54) is 0 Å². The summed E-state index contributed by atoms with van der Waals surface area (Å²) in [6.45, 7) is 0.447. The van der Waals surface area contributed by atoms with Gasteiger partial charge in [-0.05, 0) is 12.1 Å². The molecule has 0 aliphatic rings. The summed E-state index contributed by atoms with van der Waals surface area (Å²) in [7, 11) is 3.71. The number of nitrogens with two attached hydrogens (primary N) is 1. The molecule has 0 saturated heterocycles. The van der Waals surface area contributed by atoms with Crippen LogP contribution in [-0.4, -0.2) is 31.5 Å². The summed E-state index contributed by atoms with van der Waals surface area (Å²) in [5.74, 6) is 0.978. The van der Waals surface area contributed by atoms with Crippen molar-refractivity contribution < 1.29 is 4.92 Å². The van der Waals surface area contributed by atoms with E-state index in [0.29, 0.717) is 12.5 Å². The van der Waals surface area contributed by atoms with Crippen LogP contribution in [0.15, 0.2) is 30.5 Å². The van der Waals surface area contributed by atoms with E-state index in [4.69, 9.17) is 5.73 Å². The molecule has 0 fully saturated rings. The molecule has 0 aliphatic carbocycles. The number of aryl methyl sites for hydroxylation is 1. The van der Waals surface area contributed by atoms with Crippen LogP contribution in [0.1, 0.15) is 5.82 Å². The van der Waals surface area contributed by atoms with Crippen molar-refractivity contribution in [2.75, 3.05) is 17.7 Å². The number of fused-ring (bicyclic) bond motifs is 1. The maximum atomic E-state index is 10.8. The fraction of sp³-hybridized carbons (Fsp3) is 0.214. The van der Waals surface area contributed by atoms with Crippen LogP contribution in [0, 0.1) is 10.1 Å². The summed E-state index contributed by atoms with van der Waals surface area (Å²) in [6, 6.07) is 7.83. The van der Waals surface area contributed by atoms with E-state index in [0.717, 1.165) is 23.1 Å². The van der Waals surface area contributed by atoms with Crippen LogP contribution < -0.4 is 10.6 Å². The summed E-state index contributed by atoms with van der Waals surface area (Å²) in [4.78, 5) is 24.4. The van der Waals surface area contributed by atoms with Crippen molar-refractivity contribution in [3.8, 4) is 0 Å². The molecule has 1 aromatic carbocycles. The lowest BCUT2D eigenvalue weighted by Gasteiger charge is -2.16. The monoisotopic (exact) mass is 313 g/mol. The van der Waals surface area contributed by atoms with Gasteiger partial charge in [0.15, 0.2) is 0 Å². The third-order valence-corrected chi connectivity index (χ3v) is 3.58. The second-order valence-corrected chi connectivity index (χ2v) is 5.13. The first-order valence-corrected chi connectivity index (χ1v) is 6.85. The number of nitrogens with zero attached hydrogens (tertiary/aromatic N) is 6. The van der Waals surface area contributed by atoms with E-state index in [1.807, 2.05) is 35.9 Å². The molecule has 23 heavy (non-hydrogen) atoms. The summed E-state index contributed by atoms with van der Waals surface area (Å²) >= 11 is 0. The molecule has 118 valence electrons. The number of anilines is 2. The summed E-state index contributed by atoms with van der Waals surface area (Å²) in [5.41, 5.74) is 7.24. The minimum Gasteiger partial charge on any atom is -0.378 e. The smallest absolute Gasteiger partial charge is 0.329 e. The van der Waals surface area contributed by atoms with Gasteiger partial charge >= 0.3 is 5.69 Å². The molecule has 0 aliphatic heterocycles. The number of aromatic nitrogens is 4. The zero-order valence-electron chi connectivity index (χ0n) is 12.7. The summed E-state index contributed by atoms with van der Waals surface area (Å²) in [6.07, 6.45) is 1.11. The van der Waals surface area contributed by atoms with Gasteiger partial charge in [-0.25, -0.2) is 9.97 Å². The average Bonchev–Trinajstić information content (AvgIpc) is 2.83. The largest absolute Gasteiger partial charge is 0.378 e. The minimum atomic E-state index is -0.607. The minimum absolute atomic E-state index is 0.156. The second kappa shape index (κ2) is 5.52. The Balaban J connectivity index is 1.88. The summed E-state index contributed by atoms with van der Waals surface area (Å²) in [5, 5.41) is 10.8. The SMILES string of the molecule is CN(Cc1nc2ccccc2n1C)c1ncc([N+](=O)[O-])c(N)n1. The van der Waals surface area contributed by atoms with Gasteiger partial charge in [-0.3, -0.25) is 10.1 Å².